The van der Waals surface area contributed by atoms with E-state index in [1.165, 1.54) is 0 Å². The van der Waals surface area contributed by atoms with Gasteiger partial charge in [-0.15, -0.1) is 0 Å². The molecule has 0 amide bonds. The Hall–Kier alpha value is -1.96. The molecule has 3 aromatic heterocycles. The summed E-state index contributed by atoms with van der Waals surface area (Å²) >= 11 is 12.5. The van der Waals surface area contributed by atoms with Crippen molar-refractivity contribution in [1.29, 1.82) is 5.41 Å². The third-order valence-electron chi connectivity index (χ3n) is 4.96. The lowest BCUT2D eigenvalue weighted by Gasteiger charge is -2.27. The lowest BCUT2D eigenvalue weighted by molar-refractivity contribution is 0.340. The Morgan fingerprint density at radius 1 is 1.31 bits per heavy atom. The minimum Gasteiger partial charge on any atom is -0.337 e. The number of pyridine rings is 1. The van der Waals surface area contributed by atoms with Gasteiger partial charge in [-0.25, -0.2) is 9.97 Å². The molecule has 1 saturated heterocycles. The molecule has 1 unspecified atom stereocenters. The molecule has 3 aromatic rings. The lowest BCUT2D eigenvalue weighted by atomic mass is 9.87. The predicted molar refractivity (Wildman–Crippen MR) is 100 cm³/mol. The van der Waals surface area contributed by atoms with Crippen LogP contribution in [-0.2, 0) is 6.54 Å². The molecular weight excluding hydrogens is 373 g/mol. The van der Waals surface area contributed by atoms with E-state index in [2.05, 4.69) is 27.2 Å². The normalized spacial score (nSPS) is 20.6. The summed E-state index contributed by atoms with van der Waals surface area (Å²) in [6.07, 6.45) is 5.76. The van der Waals surface area contributed by atoms with Gasteiger partial charge < -0.3 is 14.9 Å². The molecule has 0 spiro atoms. The molecule has 1 fully saturated rings. The summed E-state index contributed by atoms with van der Waals surface area (Å²) in [5.41, 5.74) is 2.27. The van der Waals surface area contributed by atoms with Crippen molar-refractivity contribution in [3.63, 3.8) is 0 Å². The van der Waals surface area contributed by atoms with Gasteiger partial charge in [0.1, 0.15) is 11.3 Å². The highest BCUT2D eigenvalue weighted by Gasteiger charge is 2.26. The van der Waals surface area contributed by atoms with Gasteiger partial charge in [0.15, 0.2) is 11.1 Å². The van der Waals surface area contributed by atoms with Crippen LogP contribution in [0.3, 0.4) is 0 Å². The van der Waals surface area contributed by atoms with Crippen LogP contribution in [-0.4, -0.2) is 37.6 Å². The Morgan fingerprint density at radius 3 is 2.81 bits per heavy atom. The van der Waals surface area contributed by atoms with Crippen molar-refractivity contribution in [2.75, 3.05) is 13.1 Å². The van der Waals surface area contributed by atoms with Crippen molar-refractivity contribution in [2.45, 2.75) is 25.8 Å². The fourth-order valence-electron chi connectivity index (χ4n) is 3.47. The van der Waals surface area contributed by atoms with E-state index in [-0.39, 0.29) is 5.49 Å². The van der Waals surface area contributed by atoms with E-state index >= 15 is 0 Å². The largest absolute Gasteiger partial charge is 0.337 e. The zero-order valence-corrected chi connectivity index (χ0v) is 15.8. The monoisotopic (exact) mass is 391 g/mol. The van der Waals surface area contributed by atoms with E-state index in [0.717, 1.165) is 30.9 Å². The Balaban J connectivity index is 1.79. The van der Waals surface area contributed by atoms with Gasteiger partial charge >= 0.3 is 0 Å². The molecule has 136 valence electrons. The zero-order chi connectivity index (χ0) is 18.3. The number of piperidine rings is 1. The van der Waals surface area contributed by atoms with E-state index in [1.807, 2.05) is 4.57 Å². The number of H-pyrrole nitrogens is 1. The van der Waals surface area contributed by atoms with E-state index in [1.54, 1.807) is 18.7 Å². The molecule has 0 aliphatic carbocycles. The molecule has 3 N–H and O–H groups in total. The molecule has 1 aliphatic heterocycles. The van der Waals surface area contributed by atoms with Crippen LogP contribution in [0.15, 0.2) is 18.7 Å². The number of rotatable bonds is 3. The van der Waals surface area contributed by atoms with Gasteiger partial charge in [0, 0.05) is 23.9 Å². The van der Waals surface area contributed by atoms with E-state index in [4.69, 9.17) is 33.6 Å². The first-order valence-corrected chi connectivity index (χ1v) is 9.28. The van der Waals surface area contributed by atoms with Crippen LogP contribution in [0.5, 0.6) is 0 Å². The molecule has 0 saturated carbocycles. The van der Waals surface area contributed by atoms with Crippen LogP contribution < -0.4 is 10.8 Å². The van der Waals surface area contributed by atoms with Crippen molar-refractivity contribution < 1.29 is 0 Å². The second kappa shape index (κ2) is 6.98. The first-order valence-electron chi connectivity index (χ1n) is 8.53. The standard InChI is InChI=1S/C17H19Cl2N7/c1-9-4-21-3-2-10(9)16-24-14-15(20)23-8-26(17(14)25-16)7-11-12(18)5-22-6-13(11)19/h5-6,8-10,20-21H,2-4,7H2,1H3,(H,24,25)/t9-,10?/m1/s1. The predicted octanol–water partition coefficient (Wildman–Crippen LogP) is 2.70. The molecule has 2 atom stereocenters. The molecule has 7 nitrogen and oxygen atoms in total. The maximum absolute atomic E-state index is 8.13. The molecule has 4 heterocycles. The van der Waals surface area contributed by atoms with Gasteiger partial charge in [0.05, 0.1) is 22.9 Å². The summed E-state index contributed by atoms with van der Waals surface area (Å²) < 4.78 is 1.87. The quantitative estimate of drug-likeness (QED) is 0.639. The van der Waals surface area contributed by atoms with Crippen LogP contribution in [0.2, 0.25) is 10.0 Å². The second-order valence-corrected chi connectivity index (χ2v) is 7.51. The number of aromatic nitrogens is 5. The summed E-state index contributed by atoms with van der Waals surface area (Å²) in [5, 5.41) is 12.5. The Kier molecular flexibility index (Phi) is 4.69. The SMILES string of the molecule is C[C@@H]1CNCCC1c1nc2c([nH]1)c(=N)ncn2Cc1c(Cl)cncc1Cl. The fourth-order valence-corrected chi connectivity index (χ4v) is 3.96. The maximum Gasteiger partial charge on any atom is 0.173 e. The number of nitrogens with zero attached hydrogens (tertiary/aromatic N) is 4. The lowest BCUT2D eigenvalue weighted by Crippen LogP contribution is -2.34. The van der Waals surface area contributed by atoms with Crippen LogP contribution in [0, 0.1) is 11.3 Å². The average molecular weight is 392 g/mol. The van der Waals surface area contributed by atoms with Gasteiger partial charge in [-0.2, -0.15) is 0 Å². The third-order valence-corrected chi connectivity index (χ3v) is 5.61. The molecule has 4 rings (SSSR count). The van der Waals surface area contributed by atoms with Crippen molar-refractivity contribution in [3.05, 3.63) is 45.6 Å². The van der Waals surface area contributed by atoms with Crippen molar-refractivity contribution in [2.24, 2.45) is 5.92 Å². The van der Waals surface area contributed by atoms with E-state index in [0.29, 0.717) is 39.6 Å². The smallest absolute Gasteiger partial charge is 0.173 e. The van der Waals surface area contributed by atoms with Gasteiger partial charge in [-0.1, -0.05) is 30.1 Å². The van der Waals surface area contributed by atoms with E-state index in [9.17, 15) is 0 Å². The second-order valence-electron chi connectivity index (χ2n) is 6.70. The number of halogens is 2. The molecule has 0 radical (unpaired) electrons. The van der Waals surface area contributed by atoms with Crippen LogP contribution >= 0.6 is 23.2 Å². The first-order chi connectivity index (χ1) is 12.5. The highest BCUT2D eigenvalue weighted by molar-refractivity contribution is 6.35. The van der Waals surface area contributed by atoms with Crippen molar-refractivity contribution >= 4 is 34.4 Å². The Labute approximate surface area is 160 Å². The van der Waals surface area contributed by atoms with Crippen molar-refractivity contribution in [3.8, 4) is 0 Å². The zero-order valence-electron chi connectivity index (χ0n) is 14.3. The fraction of sp³-hybridized carbons (Fsp3) is 0.412. The minimum atomic E-state index is 0.184. The summed E-state index contributed by atoms with van der Waals surface area (Å²) in [6.45, 7) is 4.57. The number of hydrogen-bond acceptors (Lipinski definition) is 5. The van der Waals surface area contributed by atoms with Gasteiger partial charge in [-0.3, -0.25) is 10.4 Å². The first kappa shape index (κ1) is 17.5. The summed E-state index contributed by atoms with van der Waals surface area (Å²) in [5.74, 6) is 1.73. The van der Waals surface area contributed by atoms with Gasteiger partial charge in [0.2, 0.25) is 0 Å². The highest BCUT2D eigenvalue weighted by Crippen LogP contribution is 2.29. The van der Waals surface area contributed by atoms with Crippen LogP contribution in [0.4, 0.5) is 0 Å². The maximum atomic E-state index is 8.13. The number of fused-ring (bicyclic) bond motifs is 1. The molecule has 1 aliphatic rings. The third kappa shape index (κ3) is 3.11. The number of aromatic amines is 1. The van der Waals surface area contributed by atoms with Crippen LogP contribution in [0.1, 0.15) is 30.7 Å². The van der Waals surface area contributed by atoms with Gasteiger partial charge in [-0.05, 0) is 25.4 Å². The molecule has 0 bridgehead atoms. The van der Waals surface area contributed by atoms with Crippen molar-refractivity contribution in [1.82, 2.24) is 29.8 Å². The van der Waals surface area contributed by atoms with Crippen LogP contribution in [0.25, 0.3) is 11.2 Å². The number of hydrogen-bond donors (Lipinski definition) is 3. The Morgan fingerprint density at radius 2 is 2.08 bits per heavy atom. The summed E-state index contributed by atoms with van der Waals surface area (Å²) in [4.78, 5) is 16.3. The number of imidazole rings is 1. The molecule has 9 heteroatoms. The molecule has 26 heavy (non-hydrogen) atoms. The highest BCUT2D eigenvalue weighted by atomic mass is 35.5. The molecular formula is C17H19Cl2N7. The summed E-state index contributed by atoms with van der Waals surface area (Å²) in [7, 11) is 0. The Bertz CT molecular complexity index is 990. The number of nitrogens with one attached hydrogen (secondary N) is 3. The minimum absolute atomic E-state index is 0.184. The van der Waals surface area contributed by atoms with Gasteiger partial charge in [0.25, 0.3) is 0 Å². The topological polar surface area (TPSA) is 95.3 Å². The molecule has 0 aromatic carbocycles. The summed E-state index contributed by atoms with van der Waals surface area (Å²) in [6, 6.07) is 0. The average Bonchev–Trinajstić information content (AvgIpc) is 3.07. The van der Waals surface area contributed by atoms with E-state index < -0.39 is 0 Å².